The molecule has 1 aromatic carbocycles. The fourth-order valence-corrected chi connectivity index (χ4v) is 1.36. The number of carbonyl (C=O) groups is 1. The third-order valence-corrected chi connectivity index (χ3v) is 2.21. The third kappa shape index (κ3) is 2.67. The Kier molecular flexibility index (Phi) is 4.19. The van der Waals surface area contributed by atoms with Crippen molar-refractivity contribution in [1.82, 2.24) is 0 Å². The van der Waals surface area contributed by atoms with Gasteiger partial charge in [-0.3, -0.25) is 0 Å². The molecule has 0 aliphatic rings. The van der Waals surface area contributed by atoms with Gasteiger partial charge in [0.1, 0.15) is 5.82 Å². The summed E-state index contributed by atoms with van der Waals surface area (Å²) in [6, 6.07) is 5.53. The molecule has 1 aromatic rings. The van der Waals surface area contributed by atoms with E-state index in [0.29, 0.717) is 11.1 Å². The number of methoxy groups -OCH3 is 1. The molecule has 0 saturated carbocycles. The second-order valence-corrected chi connectivity index (χ2v) is 3.18. The number of halogens is 1. The number of carbonyl (C=O) groups excluding carboxylic acids is 1. The zero-order valence-electron chi connectivity index (χ0n) is 9.11. The van der Waals surface area contributed by atoms with Gasteiger partial charge < -0.3 is 9.84 Å². The molecule has 1 rings (SSSR count). The first-order chi connectivity index (χ1) is 7.60. The second kappa shape index (κ2) is 5.42. The number of hydrogen-bond acceptors (Lipinski definition) is 3. The summed E-state index contributed by atoms with van der Waals surface area (Å²) < 4.78 is 17.1. The lowest BCUT2D eigenvalue weighted by molar-refractivity contribution is -0.147. The van der Waals surface area contributed by atoms with Gasteiger partial charge in [0.05, 0.1) is 7.11 Å². The highest BCUT2D eigenvalue weighted by Crippen LogP contribution is 2.19. The molecule has 0 heterocycles. The van der Waals surface area contributed by atoms with E-state index < -0.39 is 12.1 Å². The van der Waals surface area contributed by atoms with E-state index in [1.807, 2.05) is 0 Å². The van der Waals surface area contributed by atoms with Crippen LogP contribution < -0.4 is 0 Å². The van der Waals surface area contributed by atoms with Crippen LogP contribution in [0.2, 0.25) is 0 Å². The summed E-state index contributed by atoms with van der Waals surface area (Å²) in [6.07, 6.45) is 0.245. The largest absolute Gasteiger partial charge is 0.467 e. The number of esters is 1. The van der Waals surface area contributed by atoms with Crippen molar-refractivity contribution in [2.24, 2.45) is 0 Å². The van der Waals surface area contributed by atoms with Crippen LogP contribution in [0.5, 0.6) is 0 Å². The van der Waals surface area contributed by atoms with E-state index in [2.05, 4.69) is 4.74 Å². The molecule has 86 valence electrons. The lowest BCUT2D eigenvalue weighted by Gasteiger charge is -2.12. The van der Waals surface area contributed by atoms with Crippen LogP contribution >= 0.6 is 0 Å². The summed E-state index contributed by atoms with van der Waals surface area (Å²) >= 11 is 0. The molecule has 16 heavy (non-hydrogen) atoms. The summed E-state index contributed by atoms with van der Waals surface area (Å²) in [5.41, 5.74) is 0.980. The normalized spacial score (nSPS) is 13.4. The highest BCUT2D eigenvalue weighted by Gasteiger charge is 2.21. The van der Waals surface area contributed by atoms with E-state index in [-0.39, 0.29) is 5.82 Å². The van der Waals surface area contributed by atoms with E-state index >= 15 is 0 Å². The Hall–Kier alpha value is -1.68. The Morgan fingerprint density at radius 2 is 2.00 bits per heavy atom. The molecule has 1 unspecified atom stereocenters. The lowest BCUT2D eigenvalue weighted by Crippen LogP contribution is -2.23. The molecular formula is C12H13FO3. The van der Waals surface area contributed by atoms with Crippen LogP contribution in [-0.4, -0.2) is 24.3 Å². The van der Waals surface area contributed by atoms with Crippen molar-refractivity contribution in [2.75, 3.05) is 7.11 Å². The number of ether oxygens (including phenoxy) is 1. The molecular weight excluding hydrogens is 211 g/mol. The van der Waals surface area contributed by atoms with E-state index in [4.69, 9.17) is 0 Å². The van der Waals surface area contributed by atoms with E-state index in [9.17, 15) is 14.3 Å². The number of allylic oxidation sites excluding steroid dienone is 1. The van der Waals surface area contributed by atoms with Gasteiger partial charge in [0.15, 0.2) is 6.10 Å². The number of hydrogen-bond donors (Lipinski definition) is 1. The van der Waals surface area contributed by atoms with Gasteiger partial charge in [0.2, 0.25) is 0 Å². The standard InChI is InChI=1S/C12H13FO3/c1-3-10(11(14)12(15)16-2)8-4-6-9(13)7-5-8/h3-7,11,14H,1-2H3. The molecule has 0 spiro atoms. The maximum Gasteiger partial charge on any atom is 0.339 e. The van der Waals surface area contributed by atoms with Crippen molar-refractivity contribution in [3.63, 3.8) is 0 Å². The SMILES string of the molecule is CC=C(c1ccc(F)cc1)C(O)C(=O)OC. The quantitative estimate of drug-likeness (QED) is 0.796. The van der Waals surface area contributed by atoms with Crippen LogP contribution in [0.3, 0.4) is 0 Å². The number of benzene rings is 1. The predicted molar refractivity (Wildman–Crippen MR) is 58.1 cm³/mol. The molecule has 1 atom stereocenters. The highest BCUT2D eigenvalue weighted by atomic mass is 19.1. The molecule has 0 aliphatic heterocycles. The smallest absolute Gasteiger partial charge is 0.339 e. The Labute approximate surface area is 93.2 Å². The van der Waals surface area contributed by atoms with Gasteiger partial charge in [0.25, 0.3) is 0 Å². The van der Waals surface area contributed by atoms with Crippen molar-refractivity contribution in [2.45, 2.75) is 13.0 Å². The fraction of sp³-hybridized carbons (Fsp3) is 0.250. The fourth-order valence-electron chi connectivity index (χ4n) is 1.36. The van der Waals surface area contributed by atoms with E-state index in [0.717, 1.165) is 0 Å². The first-order valence-corrected chi connectivity index (χ1v) is 4.78. The highest BCUT2D eigenvalue weighted by molar-refractivity contribution is 5.90. The van der Waals surface area contributed by atoms with Gasteiger partial charge in [0, 0.05) is 0 Å². The monoisotopic (exact) mass is 224 g/mol. The number of aliphatic hydroxyl groups excluding tert-OH is 1. The number of aliphatic hydroxyl groups is 1. The minimum atomic E-state index is -1.35. The molecule has 0 fully saturated rings. The molecule has 4 heteroatoms. The molecule has 0 radical (unpaired) electrons. The van der Waals surface area contributed by atoms with Crippen LogP contribution in [0.25, 0.3) is 5.57 Å². The van der Waals surface area contributed by atoms with Crippen molar-refractivity contribution in [3.8, 4) is 0 Å². The molecule has 1 N–H and O–H groups in total. The number of rotatable bonds is 3. The topological polar surface area (TPSA) is 46.5 Å². The minimum Gasteiger partial charge on any atom is -0.467 e. The predicted octanol–water partition coefficient (Wildman–Crippen LogP) is 1.76. The first-order valence-electron chi connectivity index (χ1n) is 4.78. The maximum atomic E-state index is 12.7. The van der Waals surface area contributed by atoms with Gasteiger partial charge in [-0.1, -0.05) is 18.2 Å². The Bertz CT molecular complexity index is 395. The van der Waals surface area contributed by atoms with Crippen molar-refractivity contribution in [3.05, 3.63) is 41.7 Å². The van der Waals surface area contributed by atoms with Gasteiger partial charge in [-0.25, -0.2) is 9.18 Å². The zero-order valence-corrected chi connectivity index (χ0v) is 9.11. The van der Waals surface area contributed by atoms with Gasteiger partial charge in [-0.05, 0) is 30.2 Å². The van der Waals surface area contributed by atoms with E-state index in [1.54, 1.807) is 13.0 Å². The molecule has 3 nitrogen and oxygen atoms in total. The Morgan fingerprint density at radius 3 is 2.44 bits per heavy atom. The summed E-state index contributed by atoms with van der Waals surface area (Å²) in [4.78, 5) is 11.2. The van der Waals surface area contributed by atoms with Crippen LogP contribution in [0, 0.1) is 5.82 Å². The maximum absolute atomic E-state index is 12.7. The summed E-state index contributed by atoms with van der Waals surface area (Å²) in [7, 11) is 1.20. The van der Waals surface area contributed by atoms with Crippen LogP contribution in [0.1, 0.15) is 12.5 Å². The Balaban J connectivity index is 3.00. The van der Waals surface area contributed by atoms with Crippen molar-refractivity contribution < 1.29 is 19.0 Å². The Morgan fingerprint density at radius 1 is 1.44 bits per heavy atom. The molecule has 0 amide bonds. The third-order valence-electron chi connectivity index (χ3n) is 2.21. The zero-order chi connectivity index (χ0) is 12.1. The van der Waals surface area contributed by atoms with Gasteiger partial charge in [-0.2, -0.15) is 0 Å². The average molecular weight is 224 g/mol. The van der Waals surface area contributed by atoms with Crippen LogP contribution in [0.4, 0.5) is 4.39 Å². The molecule has 0 aliphatic carbocycles. The van der Waals surface area contributed by atoms with E-state index in [1.165, 1.54) is 31.4 Å². The van der Waals surface area contributed by atoms with Crippen molar-refractivity contribution >= 4 is 11.5 Å². The van der Waals surface area contributed by atoms with Gasteiger partial charge in [-0.15, -0.1) is 0 Å². The molecule has 0 saturated heterocycles. The summed E-state index contributed by atoms with van der Waals surface area (Å²) in [5.74, 6) is -1.11. The first kappa shape index (κ1) is 12.4. The summed E-state index contributed by atoms with van der Waals surface area (Å²) in [6.45, 7) is 1.69. The van der Waals surface area contributed by atoms with Crippen molar-refractivity contribution in [1.29, 1.82) is 0 Å². The second-order valence-electron chi connectivity index (χ2n) is 3.18. The van der Waals surface area contributed by atoms with Crippen LogP contribution in [0.15, 0.2) is 30.3 Å². The lowest BCUT2D eigenvalue weighted by atomic mass is 10.0. The average Bonchev–Trinajstić information content (AvgIpc) is 2.31. The minimum absolute atomic E-state index is 0.369. The van der Waals surface area contributed by atoms with Crippen LogP contribution in [-0.2, 0) is 9.53 Å². The summed E-state index contributed by atoms with van der Waals surface area (Å²) in [5, 5.41) is 9.66. The molecule has 0 bridgehead atoms. The molecule has 0 aromatic heterocycles. The van der Waals surface area contributed by atoms with Gasteiger partial charge >= 0.3 is 5.97 Å².